The van der Waals surface area contributed by atoms with Crippen LogP contribution in [0.4, 0.5) is 5.69 Å². The highest BCUT2D eigenvalue weighted by molar-refractivity contribution is 8.00. The van der Waals surface area contributed by atoms with Crippen molar-refractivity contribution >= 4 is 41.2 Å². The summed E-state index contributed by atoms with van der Waals surface area (Å²) in [5.41, 5.74) is 0.336. The van der Waals surface area contributed by atoms with Crippen LogP contribution in [0, 0.1) is 0 Å². The van der Waals surface area contributed by atoms with Crippen LogP contribution in [0.2, 0.25) is 0 Å². The molecule has 1 aliphatic rings. The van der Waals surface area contributed by atoms with Gasteiger partial charge in [-0.15, -0.1) is 11.8 Å². The van der Waals surface area contributed by atoms with Crippen LogP contribution in [0.1, 0.15) is 27.1 Å². The lowest BCUT2D eigenvalue weighted by atomic mass is 10.1. The normalized spacial score (nSPS) is 16.5. The first-order chi connectivity index (χ1) is 12.9. The minimum absolute atomic E-state index is 0.0659. The number of benzene rings is 2. The first-order valence-corrected chi connectivity index (χ1v) is 8.85. The van der Waals surface area contributed by atoms with Gasteiger partial charge in [0.25, 0.3) is 0 Å². The van der Waals surface area contributed by atoms with E-state index in [0.29, 0.717) is 4.90 Å². The van der Waals surface area contributed by atoms with E-state index in [1.165, 1.54) is 25.3 Å². The smallest absolute Gasteiger partial charge is 0.339 e. The molecule has 1 atom stereocenters. The number of imide groups is 1. The summed E-state index contributed by atoms with van der Waals surface area (Å²) in [6.45, 7) is 0. The van der Waals surface area contributed by atoms with Gasteiger partial charge in [0.2, 0.25) is 11.8 Å². The second-order valence-corrected chi connectivity index (χ2v) is 6.93. The molecule has 0 bridgehead atoms. The Morgan fingerprint density at radius 3 is 2.37 bits per heavy atom. The predicted octanol–water partition coefficient (Wildman–Crippen LogP) is 2.60. The van der Waals surface area contributed by atoms with E-state index < -0.39 is 29.0 Å². The number of carboxylic acids is 1. The molecule has 0 radical (unpaired) electrons. The molecular formula is C19H15NO6S. The van der Waals surface area contributed by atoms with Crippen LogP contribution in [0.3, 0.4) is 0 Å². The number of hydrogen-bond acceptors (Lipinski definition) is 6. The van der Waals surface area contributed by atoms with Crippen molar-refractivity contribution in [3.8, 4) is 0 Å². The third-order valence-corrected chi connectivity index (χ3v) is 5.30. The Labute approximate surface area is 158 Å². The van der Waals surface area contributed by atoms with Gasteiger partial charge in [0.15, 0.2) is 0 Å². The van der Waals surface area contributed by atoms with Gasteiger partial charge in [0.1, 0.15) is 0 Å². The van der Waals surface area contributed by atoms with E-state index in [9.17, 15) is 24.3 Å². The second-order valence-electron chi connectivity index (χ2n) is 5.69. The number of para-hydroxylation sites is 1. The Bertz CT molecular complexity index is 941. The van der Waals surface area contributed by atoms with E-state index in [2.05, 4.69) is 0 Å². The fraction of sp³-hybridized carbons (Fsp3) is 0.158. The first-order valence-electron chi connectivity index (χ1n) is 7.97. The first kappa shape index (κ1) is 18.7. The van der Waals surface area contributed by atoms with Gasteiger partial charge < -0.3 is 9.84 Å². The monoisotopic (exact) mass is 385 g/mol. The molecule has 0 saturated carbocycles. The molecule has 1 saturated heterocycles. The van der Waals surface area contributed by atoms with Gasteiger partial charge in [-0.05, 0) is 24.3 Å². The van der Waals surface area contributed by atoms with E-state index in [1.807, 2.05) is 0 Å². The summed E-state index contributed by atoms with van der Waals surface area (Å²) in [5, 5.41) is 8.51. The summed E-state index contributed by atoms with van der Waals surface area (Å²) < 4.78 is 4.71. The fourth-order valence-electron chi connectivity index (χ4n) is 2.80. The molecule has 7 nitrogen and oxygen atoms in total. The maximum atomic E-state index is 12.8. The number of nitrogens with zero attached hydrogens (tertiary/aromatic N) is 1. The third kappa shape index (κ3) is 3.56. The van der Waals surface area contributed by atoms with Crippen LogP contribution >= 0.6 is 11.8 Å². The van der Waals surface area contributed by atoms with E-state index in [0.717, 1.165) is 16.7 Å². The minimum atomic E-state index is -1.11. The van der Waals surface area contributed by atoms with Gasteiger partial charge in [0, 0.05) is 11.3 Å². The third-order valence-electron chi connectivity index (χ3n) is 4.04. The lowest BCUT2D eigenvalue weighted by Gasteiger charge is -2.18. The molecule has 0 unspecified atom stereocenters. The van der Waals surface area contributed by atoms with Crippen LogP contribution in [-0.4, -0.2) is 41.2 Å². The summed E-state index contributed by atoms with van der Waals surface area (Å²) in [6, 6.07) is 12.5. The van der Waals surface area contributed by atoms with Crippen LogP contribution in [0.15, 0.2) is 53.4 Å². The number of methoxy groups -OCH3 is 1. The zero-order chi connectivity index (χ0) is 19.6. The molecule has 1 fully saturated rings. The molecule has 138 valence electrons. The van der Waals surface area contributed by atoms with Crippen molar-refractivity contribution < 1.29 is 29.0 Å². The molecule has 2 aromatic carbocycles. The van der Waals surface area contributed by atoms with Gasteiger partial charge in [-0.1, -0.05) is 24.3 Å². The molecule has 27 heavy (non-hydrogen) atoms. The Morgan fingerprint density at radius 2 is 1.70 bits per heavy atom. The van der Waals surface area contributed by atoms with Crippen molar-refractivity contribution in [3.63, 3.8) is 0 Å². The van der Waals surface area contributed by atoms with Crippen molar-refractivity contribution in [1.82, 2.24) is 0 Å². The molecule has 0 aliphatic carbocycles. The Hall–Kier alpha value is -3.13. The average molecular weight is 385 g/mol. The lowest BCUT2D eigenvalue weighted by molar-refractivity contribution is -0.121. The largest absolute Gasteiger partial charge is 0.478 e. The number of rotatable bonds is 5. The van der Waals surface area contributed by atoms with E-state index >= 15 is 0 Å². The van der Waals surface area contributed by atoms with Gasteiger partial charge in [0.05, 0.1) is 29.2 Å². The Kier molecular flexibility index (Phi) is 5.27. The fourth-order valence-corrected chi connectivity index (χ4v) is 3.98. The van der Waals surface area contributed by atoms with Crippen molar-refractivity contribution in [1.29, 1.82) is 0 Å². The number of anilines is 1. The number of carboxylic acid groups (broad SMARTS) is 1. The molecule has 1 aliphatic heterocycles. The average Bonchev–Trinajstić information content (AvgIpc) is 2.94. The highest BCUT2D eigenvalue weighted by Gasteiger charge is 2.41. The van der Waals surface area contributed by atoms with Crippen molar-refractivity contribution in [3.05, 3.63) is 59.7 Å². The number of carbonyl (C=O) groups excluding carboxylic acids is 3. The maximum Gasteiger partial charge on any atom is 0.339 e. The summed E-state index contributed by atoms with van der Waals surface area (Å²) >= 11 is 1.03. The highest BCUT2D eigenvalue weighted by atomic mass is 32.2. The maximum absolute atomic E-state index is 12.8. The zero-order valence-electron chi connectivity index (χ0n) is 14.2. The molecule has 1 N–H and O–H groups in total. The quantitative estimate of drug-likeness (QED) is 0.623. The van der Waals surface area contributed by atoms with E-state index in [4.69, 9.17) is 4.74 Å². The minimum Gasteiger partial charge on any atom is -0.478 e. The Balaban J connectivity index is 1.91. The van der Waals surface area contributed by atoms with Gasteiger partial charge in [-0.2, -0.15) is 0 Å². The molecule has 2 amide bonds. The summed E-state index contributed by atoms with van der Waals surface area (Å²) in [7, 11) is 1.22. The molecule has 0 aromatic heterocycles. The molecule has 0 spiro atoms. The standard InChI is InChI=1S/C19H15NO6S/c1-26-19(25)11-6-2-4-8-13(11)20-16(21)10-15(17(20)22)27-14-9-5-3-7-12(14)18(23)24/h2-9,15H,10H2,1H3,(H,23,24)/t15-/m1/s1. The van der Waals surface area contributed by atoms with Crippen molar-refractivity contribution in [2.45, 2.75) is 16.6 Å². The summed E-state index contributed by atoms with van der Waals surface area (Å²) in [6.07, 6.45) is -0.0903. The molecule has 8 heteroatoms. The SMILES string of the molecule is COC(=O)c1ccccc1N1C(=O)C[C@@H](Sc2ccccc2C(=O)O)C1=O. The summed E-state index contributed by atoms with van der Waals surface area (Å²) in [5.74, 6) is -2.72. The number of ether oxygens (including phenoxy) is 1. The van der Waals surface area contributed by atoms with Crippen molar-refractivity contribution in [2.24, 2.45) is 0 Å². The van der Waals surface area contributed by atoms with Gasteiger partial charge in [-0.3, -0.25) is 9.59 Å². The van der Waals surface area contributed by atoms with Gasteiger partial charge in [-0.25, -0.2) is 14.5 Å². The number of hydrogen-bond donors (Lipinski definition) is 1. The molecule has 3 rings (SSSR count). The highest BCUT2D eigenvalue weighted by Crippen LogP contribution is 2.36. The van der Waals surface area contributed by atoms with Crippen LogP contribution in [0.25, 0.3) is 0 Å². The molecule has 1 heterocycles. The molecule has 2 aromatic rings. The summed E-state index contributed by atoms with van der Waals surface area (Å²) in [4.78, 5) is 50.0. The van der Waals surface area contributed by atoms with Crippen LogP contribution < -0.4 is 4.90 Å². The topological polar surface area (TPSA) is 101 Å². The van der Waals surface area contributed by atoms with Crippen molar-refractivity contribution in [2.75, 3.05) is 12.0 Å². The number of thioether (sulfide) groups is 1. The predicted molar refractivity (Wildman–Crippen MR) is 97.9 cm³/mol. The molecular weight excluding hydrogens is 370 g/mol. The number of amides is 2. The Morgan fingerprint density at radius 1 is 1.07 bits per heavy atom. The van der Waals surface area contributed by atoms with Gasteiger partial charge >= 0.3 is 11.9 Å². The van der Waals surface area contributed by atoms with Crippen LogP contribution in [0.5, 0.6) is 0 Å². The number of carbonyl (C=O) groups is 4. The zero-order valence-corrected chi connectivity index (χ0v) is 15.1. The number of esters is 1. The van der Waals surface area contributed by atoms with E-state index in [-0.39, 0.29) is 23.2 Å². The van der Waals surface area contributed by atoms with Crippen LogP contribution in [-0.2, 0) is 14.3 Å². The second kappa shape index (κ2) is 7.63. The number of aromatic carboxylic acids is 1. The lowest BCUT2D eigenvalue weighted by Crippen LogP contribution is -2.32. The van der Waals surface area contributed by atoms with E-state index in [1.54, 1.807) is 30.3 Å².